The van der Waals surface area contributed by atoms with E-state index >= 15 is 0 Å². The first-order valence-corrected chi connectivity index (χ1v) is 13.0. The number of nitrogens with one attached hydrogen (secondary N) is 2. The Morgan fingerprint density at radius 2 is 1.40 bits per heavy atom. The summed E-state index contributed by atoms with van der Waals surface area (Å²) in [5.74, 6) is 0.419. The van der Waals surface area contributed by atoms with Crippen LogP contribution in [0.1, 0.15) is 43.2 Å². The summed E-state index contributed by atoms with van der Waals surface area (Å²) in [6, 6.07) is 33.8. The summed E-state index contributed by atoms with van der Waals surface area (Å²) >= 11 is 0. The van der Waals surface area contributed by atoms with Crippen molar-refractivity contribution in [2.24, 2.45) is 0 Å². The second kappa shape index (κ2) is 12.1. The maximum Gasteiger partial charge on any atom is 0.255 e. The van der Waals surface area contributed by atoms with Crippen LogP contribution in [-0.4, -0.2) is 21.6 Å². The van der Waals surface area contributed by atoms with E-state index in [-0.39, 0.29) is 11.8 Å². The molecule has 0 bridgehead atoms. The molecule has 5 rings (SSSR count). The lowest BCUT2D eigenvalue weighted by Gasteiger charge is -2.10. The molecule has 1 heterocycles. The van der Waals surface area contributed by atoms with Gasteiger partial charge in [-0.3, -0.25) is 14.3 Å². The number of para-hydroxylation sites is 2. The Morgan fingerprint density at radius 1 is 0.725 bits per heavy atom. The molecule has 0 unspecified atom stereocenters. The lowest BCUT2D eigenvalue weighted by molar-refractivity contribution is 0.101. The van der Waals surface area contributed by atoms with Gasteiger partial charge in [-0.1, -0.05) is 60.7 Å². The molecule has 2 amide bonds. The van der Waals surface area contributed by atoms with E-state index in [1.165, 1.54) is 0 Å². The van der Waals surface area contributed by atoms with E-state index in [1.807, 2.05) is 110 Å². The lowest BCUT2D eigenvalue weighted by atomic mass is 10.1. The average molecular weight is 531 g/mol. The third-order valence-corrected chi connectivity index (χ3v) is 6.54. The standard InChI is InChI=1S/C33H30N4O3/c1-23-31(35-32(38)27-18-16-25(17-19-27)22-40-30-14-7-4-8-15-30)24(2)37(36-23)21-26-10-9-11-28(20-26)33(39)34-29-12-5-3-6-13-29/h3-20H,21-22H2,1-2H3,(H,34,39)(H,35,38). The monoisotopic (exact) mass is 530 g/mol. The Labute approximate surface area is 233 Å². The molecule has 1 aromatic heterocycles. The van der Waals surface area contributed by atoms with E-state index in [9.17, 15) is 9.59 Å². The highest BCUT2D eigenvalue weighted by molar-refractivity contribution is 6.05. The Balaban J connectivity index is 1.23. The number of rotatable bonds is 9. The van der Waals surface area contributed by atoms with Crippen LogP contribution in [0, 0.1) is 13.8 Å². The first-order chi connectivity index (χ1) is 19.5. The van der Waals surface area contributed by atoms with Gasteiger partial charge in [0, 0.05) is 16.8 Å². The van der Waals surface area contributed by atoms with E-state index in [1.54, 1.807) is 18.2 Å². The number of carbonyl (C=O) groups is 2. The van der Waals surface area contributed by atoms with Crippen LogP contribution in [0.4, 0.5) is 11.4 Å². The molecule has 5 aromatic rings. The van der Waals surface area contributed by atoms with E-state index in [0.717, 1.165) is 34.0 Å². The highest BCUT2D eigenvalue weighted by atomic mass is 16.5. The zero-order chi connectivity index (χ0) is 27.9. The van der Waals surface area contributed by atoms with Gasteiger partial charge < -0.3 is 15.4 Å². The quantitative estimate of drug-likeness (QED) is 0.224. The van der Waals surface area contributed by atoms with Crippen molar-refractivity contribution >= 4 is 23.2 Å². The molecule has 7 heteroatoms. The van der Waals surface area contributed by atoms with Crippen LogP contribution in [0.15, 0.2) is 109 Å². The number of aromatic nitrogens is 2. The molecule has 0 radical (unpaired) electrons. The Kier molecular flexibility index (Phi) is 8.02. The molecule has 4 aromatic carbocycles. The number of nitrogens with zero attached hydrogens (tertiary/aromatic N) is 2. The first kappa shape index (κ1) is 26.4. The predicted octanol–water partition coefficient (Wildman–Crippen LogP) is 6.63. The average Bonchev–Trinajstić information content (AvgIpc) is 3.24. The van der Waals surface area contributed by atoms with Crippen molar-refractivity contribution in [3.8, 4) is 5.75 Å². The van der Waals surface area contributed by atoms with Crippen LogP contribution in [0.3, 0.4) is 0 Å². The fourth-order valence-electron chi connectivity index (χ4n) is 4.36. The molecule has 0 aliphatic heterocycles. The van der Waals surface area contributed by atoms with Gasteiger partial charge in [0.2, 0.25) is 0 Å². The van der Waals surface area contributed by atoms with Gasteiger partial charge in [0.05, 0.1) is 23.6 Å². The van der Waals surface area contributed by atoms with Gasteiger partial charge in [-0.2, -0.15) is 5.10 Å². The van der Waals surface area contributed by atoms with Gasteiger partial charge >= 0.3 is 0 Å². The topological polar surface area (TPSA) is 85.3 Å². The zero-order valence-electron chi connectivity index (χ0n) is 22.4. The number of carbonyl (C=O) groups excluding carboxylic acids is 2. The minimum Gasteiger partial charge on any atom is -0.489 e. The third kappa shape index (κ3) is 6.45. The van der Waals surface area contributed by atoms with Crippen LogP contribution in [0.25, 0.3) is 0 Å². The van der Waals surface area contributed by atoms with E-state index in [2.05, 4.69) is 15.7 Å². The van der Waals surface area contributed by atoms with Crippen molar-refractivity contribution in [1.29, 1.82) is 0 Å². The number of aryl methyl sites for hydroxylation is 1. The Bertz CT molecular complexity index is 1610. The molecular formula is C33H30N4O3. The molecule has 0 aliphatic carbocycles. The lowest BCUT2D eigenvalue weighted by Crippen LogP contribution is -2.14. The maximum absolute atomic E-state index is 13.0. The molecule has 0 saturated carbocycles. The summed E-state index contributed by atoms with van der Waals surface area (Å²) in [5.41, 5.74) is 5.99. The van der Waals surface area contributed by atoms with Crippen LogP contribution in [-0.2, 0) is 13.2 Å². The number of ether oxygens (including phenoxy) is 1. The van der Waals surface area contributed by atoms with Crippen molar-refractivity contribution in [2.45, 2.75) is 27.0 Å². The molecule has 7 nitrogen and oxygen atoms in total. The van der Waals surface area contributed by atoms with Crippen LogP contribution >= 0.6 is 0 Å². The van der Waals surface area contributed by atoms with E-state index < -0.39 is 0 Å². The van der Waals surface area contributed by atoms with Crippen molar-refractivity contribution in [3.05, 3.63) is 143 Å². The second-order valence-corrected chi connectivity index (χ2v) is 9.48. The molecule has 0 saturated heterocycles. The molecule has 40 heavy (non-hydrogen) atoms. The number of hydrogen-bond acceptors (Lipinski definition) is 4. The van der Waals surface area contributed by atoms with Gasteiger partial charge in [-0.05, 0) is 73.5 Å². The second-order valence-electron chi connectivity index (χ2n) is 9.48. The molecule has 2 N–H and O–H groups in total. The Hall–Kier alpha value is -5.17. The highest BCUT2D eigenvalue weighted by Crippen LogP contribution is 2.22. The van der Waals surface area contributed by atoms with Gasteiger partial charge in [-0.15, -0.1) is 0 Å². The van der Waals surface area contributed by atoms with Gasteiger partial charge in [0.1, 0.15) is 12.4 Å². The fourth-order valence-corrected chi connectivity index (χ4v) is 4.36. The molecule has 0 fully saturated rings. The maximum atomic E-state index is 13.0. The van der Waals surface area contributed by atoms with Gasteiger partial charge in [0.15, 0.2) is 0 Å². The summed E-state index contributed by atoms with van der Waals surface area (Å²) in [5, 5.41) is 10.6. The van der Waals surface area contributed by atoms with Crippen molar-refractivity contribution < 1.29 is 14.3 Å². The third-order valence-electron chi connectivity index (χ3n) is 6.54. The molecule has 200 valence electrons. The van der Waals surface area contributed by atoms with Gasteiger partial charge in [0.25, 0.3) is 11.8 Å². The zero-order valence-corrected chi connectivity index (χ0v) is 22.4. The SMILES string of the molecule is Cc1nn(Cc2cccc(C(=O)Nc3ccccc3)c2)c(C)c1NC(=O)c1ccc(COc2ccccc2)cc1. The first-order valence-electron chi connectivity index (χ1n) is 13.0. The number of amides is 2. The normalized spacial score (nSPS) is 10.7. The minimum absolute atomic E-state index is 0.174. The summed E-state index contributed by atoms with van der Waals surface area (Å²) in [6.07, 6.45) is 0. The van der Waals surface area contributed by atoms with E-state index in [4.69, 9.17) is 4.74 Å². The highest BCUT2D eigenvalue weighted by Gasteiger charge is 2.16. The largest absolute Gasteiger partial charge is 0.489 e. The number of anilines is 2. The molecular weight excluding hydrogens is 500 g/mol. The van der Waals surface area contributed by atoms with Crippen molar-refractivity contribution in [3.63, 3.8) is 0 Å². The summed E-state index contributed by atoms with van der Waals surface area (Å²) in [4.78, 5) is 25.8. The minimum atomic E-state index is -0.208. The molecule has 0 atom stereocenters. The Morgan fingerprint density at radius 3 is 2.12 bits per heavy atom. The van der Waals surface area contributed by atoms with Crippen LogP contribution in [0.2, 0.25) is 0 Å². The molecule has 0 spiro atoms. The van der Waals surface area contributed by atoms with Crippen LogP contribution < -0.4 is 15.4 Å². The van der Waals surface area contributed by atoms with Gasteiger partial charge in [-0.25, -0.2) is 0 Å². The predicted molar refractivity (Wildman–Crippen MR) is 157 cm³/mol. The smallest absolute Gasteiger partial charge is 0.255 e. The van der Waals surface area contributed by atoms with Crippen LogP contribution in [0.5, 0.6) is 5.75 Å². The van der Waals surface area contributed by atoms with Crippen molar-refractivity contribution in [1.82, 2.24) is 9.78 Å². The summed E-state index contributed by atoms with van der Waals surface area (Å²) < 4.78 is 7.62. The summed E-state index contributed by atoms with van der Waals surface area (Å²) in [6.45, 7) is 4.68. The fraction of sp³-hybridized carbons (Fsp3) is 0.121. The number of hydrogen-bond donors (Lipinski definition) is 2. The van der Waals surface area contributed by atoms with E-state index in [0.29, 0.717) is 30.0 Å². The number of benzene rings is 4. The molecule has 0 aliphatic rings. The van der Waals surface area contributed by atoms with Crippen molar-refractivity contribution in [2.75, 3.05) is 10.6 Å². The summed E-state index contributed by atoms with van der Waals surface area (Å²) in [7, 11) is 0.